The van der Waals surface area contributed by atoms with Gasteiger partial charge < -0.3 is 35.6 Å². The van der Waals surface area contributed by atoms with E-state index < -0.39 is 11.4 Å². The van der Waals surface area contributed by atoms with Crippen molar-refractivity contribution in [3.8, 4) is 34.2 Å². The maximum absolute atomic E-state index is 12.1. The Morgan fingerprint density at radius 3 is 1.47 bits per heavy atom. The quantitative estimate of drug-likeness (QED) is 0.0419. The van der Waals surface area contributed by atoms with E-state index in [1.165, 1.54) is 31.8 Å². The van der Waals surface area contributed by atoms with Crippen LogP contribution < -0.4 is 37.8 Å². The molecule has 0 unspecified atom stereocenters. The van der Waals surface area contributed by atoms with Crippen molar-refractivity contribution in [2.24, 2.45) is 5.92 Å². The number of nitrogens with one attached hydrogen (secondary N) is 6. The van der Waals surface area contributed by atoms with Gasteiger partial charge in [0.15, 0.2) is 23.1 Å². The summed E-state index contributed by atoms with van der Waals surface area (Å²) in [5.74, 6) is 4.52. The minimum absolute atomic E-state index is 0.0675. The van der Waals surface area contributed by atoms with Crippen molar-refractivity contribution in [2.75, 3.05) is 106 Å². The second kappa shape index (κ2) is 29.0. The van der Waals surface area contributed by atoms with E-state index in [-0.39, 0.29) is 27.9 Å². The zero-order chi connectivity index (χ0) is 67.2. The van der Waals surface area contributed by atoms with Crippen LogP contribution in [-0.4, -0.2) is 175 Å². The summed E-state index contributed by atoms with van der Waals surface area (Å²) in [6, 6.07) is 32.2. The molecule has 502 valence electrons. The average molecular weight is 1310 g/mol. The summed E-state index contributed by atoms with van der Waals surface area (Å²) in [6.07, 6.45) is 3.41. The van der Waals surface area contributed by atoms with Gasteiger partial charge in [-0.25, -0.2) is 29.3 Å². The van der Waals surface area contributed by atoms with Crippen molar-refractivity contribution in [1.29, 1.82) is 0 Å². The van der Waals surface area contributed by atoms with E-state index in [0.29, 0.717) is 65.0 Å². The van der Waals surface area contributed by atoms with E-state index in [1.807, 2.05) is 43.3 Å². The van der Waals surface area contributed by atoms with Crippen LogP contribution in [0.3, 0.4) is 0 Å². The molecule has 7 N–H and O–H groups in total. The lowest BCUT2D eigenvalue weighted by Gasteiger charge is -2.40. The maximum atomic E-state index is 12.1. The second-order valence-electron chi connectivity index (χ2n) is 27.9. The van der Waals surface area contributed by atoms with Crippen LogP contribution in [0, 0.1) is 12.8 Å². The molecule has 26 heteroatoms. The number of ether oxygens (including phenoxy) is 1. The van der Waals surface area contributed by atoms with Crippen LogP contribution in [-0.2, 0) is 21.0 Å². The monoisotopic (exact) mass is 1310 g/mol. The Balaban J connectivity index is 0.000000145. The van der Waals surface area contributed by atoms with Gasteiger partial charge in [-0.2, -0.15) is 43.9 Å². The molecular formula is C69H89ClN20O5. The van der Waals surface area contributed by atoms with Crippen molar-refractivity contribution in [3.05, 3.63) is 156 Å². The van der Waals surface area contributed by atoms with Crippen LogP contribution in [0.25, 0.3) is 51.4 Å². The number of piperidine rings is 1. The summed E-state index contributed by atoms with van der Waals surface area (Å²) >= 11 is 6.13. The number of aliphatic hydroxyl groups excluding tert-OH is 1. The molecule has 3 saturated heterocycles. The van der Waals surface area contributed by atoms with Gasteiger partial charge in [-0.15, -0.1) is 0 Å². The molecule has 0 spiro atoms. The lowest BCUT2D eigenvalue weighted by molar-refractivity contribution is 0.0378. The van der Waals surface area contributed by atoms with Crippen LogP contribution in [0.4, 0.5) is 23.5 Å². The first-order chi connectivity index (χ1) is 45.4. The molecule has 0 aliphatic carbocycles. The fourth-order valence-corrected chi connectivity index (χ4v) is 11.7. The van der Waals surface area contributed by atoms with E-state index in [0.717, 1.165) is 137 Å². The molecule has 95 heavy (non-hydrogen) atoms. The number of halogens is 1. The Kier molecular flexibility index (Phi) is 20.6. The van der Waals surface area contributed by atoms with Crippen LogP contribution in [0.15, 0.2) is 111 Å². The normalized spacial score (nSPS) is 15.3. The van der Waals surface area contributed by atoms with E-state index in [9.17, 15) is 19.5 Å². The molecule has 4 aromatic carbocycles. The largest absolute Gasteiger partial charge is 0.393 e. The summed E-state index contributed by atoms with van der Waals surface area (Å²) in [6.45, 7) is 33.0. The third-order valence-electron chi connectivity index (χ3n) is 17.4. The highest BCUT2D eigenvalue weighted by Crippen LogP contribution is 2.31. The number of nitrogens with zero attached hydrogens (tertiary/aromatic N) is 14. The Hall–Kier alpha value is -8.88. The smallest absolute Gasteiger partial charge is 0.363 e. The first kappa shape index (κ1) is 67.5. The Bertz CT molecular complexity index is 4400. The number of anilines is 4. The number of benzene rings is 4. The maximum Gasteiger partial charge on any atom is 0.363 e. The van der Waals surface area contributed by atoms with E-state index in [2.05, 4.69) is 198 Å². The molecule has 0 atom stereocenters. The molecule has 3 aliphatic rings. The fraction of sp³-hybridized carbons (Fsp3) is 0.464. The van der Waals surface area contributed by atoms with Crippen LogP contribution in [0.1, 0.15) is 110 Å². The second-order valence-corrected chi connectivity index (χ2v) is 28.3. The number of aromatic nitrogens is 14. The number of morpholine rings is 1. The summed E-state index contributed by atoms with van der Waals surface area (Å²) in [4.78, 5) is 78.2. The van der Waals surface area contributed by atoms with Gasteiger partial charge in [0.1, 0.15) is 0 Å². The first-order valence-electron chi connectivity index (χ1n) is 32.9. The molecule has 0 amide bonds. The van der Waals surface area contributed by atoms with Crippen molar-refractivity contribution in [3.63, 3.8) is 0 Å². The van der Waals surface area contributed by atoms with Crippen LogP contribution in [0.2, 0.25) is 5.02 Å². The third kappa shape index (κ3) is 17.2. The minimum atomic E-state index is -0.454. The average Bonchev–Trinajstić information content (AvgIpc) is 1.78. The van der Waals surface area contributed by atoms with Gasteiger partial charge in [0.25, 0.3) is 17.1 Å². The zero-order valence-corrected chi connectivity index (χ0v) is 56.9. The molecule has 0 saturated carbocycles. The molecule has 6 aromatic heterocycles. The van der Waals surface area contributed by atoms with E-state index >= 15 is 0 Å². The molecule has 9 heterocycles. The highest BCUT2D eigenvalue weighted by Gasteiger charge is 2.31. The number of H-pyrrole nitrogens is 3. The lowest BCUT2D eigenvalue weighted by Crippen LogP contribution is -2.51. The SMILES string of the molecule is CC(C)(C)c1ccc(-c2nc(NCCCN3CCC(O)CC3)n3[nH]c(=O)nc3n2)cc1.CC(C)(C)c1ccc(-c2nc(NCCCN3CCOCC3)n3[nH]c(=O)nc3n2)cc1.Cc1cc(NCC2CN(c3nc(-c4ccc(C(C)(C)C)cc4)nc4cc(=O)[nH]n34)C2)ccc1Cl. The highest BCUT2D eigenvalue weighted by molar-refractivity contribution is 6.31. The summed E-state index contributed by atoms with van der Waals surface area (Å²) in [7, 11) is 0. The third-order valence-corrected chi connectivity index (χ3v) is 17.8. The number of rotatable bonds is 17. The minimum Gasteiger partial charge on any atom is -0.393 e. The van der Waals surface area contributed by atoms with Gasteiger partial charge in [0.05, 0.1) is 19.3 Å². The summed E-state index contributed by atoms with van der Waals surface area (Å²) in [5, 5.41) is 28.7. The van der Waals surface area contributed by atoms with Gasteiger partial charge >= 0.3 is 11.4 Å². The van der Waals surface area contributed by atoms with E-state index in [4.69, 9.17) is 21.3 Å². The predicted molar refractivity (Wildman–Crippen MR) is 374 cm³/mol. The van der Waals surface area contributed by atoms with Crippen molar-refractivity contribution in [1.82, 2.24) is 78.5 Å². The predicted octanol–water partition coefficient (Wildman–Crippen LogP) is 8.84. The van der Waals surface area contributed by atoms with Crippen LogP contribution >= 0.6 is 11.6 Å². The van der Waals surface area contributed by atoms with Crippen molar-refractivity contribution < 1.29 is 9.84 Å². The lowest BCUT2D eigenvalue weighted by atomic mass is 9.86. The molecule has 0 bridgehead atoms. The van der Waals surface area contributed by atoms with Gasteiger partial charge in [0, 0.05) is 98.3 Å². The summed E-state index contributed by atoms with van der Waals surface area (Å²) in [5.41, 5.74) is 8.26. The van der Waals surface area contributed by atoms with Gasteiger partial charge in [-0.1, -0.05) is 147 Å². The van der Waals surface area contributed by atoms with Gasteiger partial charge in [-0.3, -0.25) is 14.8 Å². The van der Waals surface area contributed by atoms with Gasteiger partial charge in [-0.05, 0) is 102 Å². The molecule has 10 aromatic rings. The number of aliphatic hydroxyl groups is 1. The summed E-state index contributed by atoms with van der Waals surface area (Å²) < 4.78 is 10.1. The zero-order valence-electron chi connectivity index (χ0n) is 56.1. The molecule has 3 fully saturated rings. The topological polar surface area (TPSA) is 290 Å². The molecule has 25 nitrogen and oxygen atoms in total. The molecule has 3 aliphatic heterocycles. The van der Waals surface area contributed by atoms with Gasteiger partial charge in [0.2, 0.25) is 17.8 Å². The van der Waals surface area contributed by atoms with Crippen molar-refractivity contribution >= 4 is 52.3 Å². The van der Waals surface area contributed by atoms with Crippen LogP contribution in [0.5, 0.6) is 0 Å². The first-order valence-corrected chi connectivity index (χ1v) is 33.2. The number of likely N-dealkylation sites (tertiary alicyclic amines) is 1. The van der Waals surface area contributed by atoms with E-state index in [1.54, 1.807) is 4.52 Å². The highest BCUT2D eigenvalue weighted by atomic mass is 35.5. The number of aromatic amines is 3. The molecular weight excluding hydrogens is 1220 g/mol. The standard InChI is InChI=1S/C26H29ClN6O.C22H31N7O2.C21H29N7O2/c1-16-11-20(9-10-21(16)27)28-13-17-14-32(15-17)25-30-24(29-22-12-23(34)31-33(22)25)18-5-7-19(8-6-18)26(2,3)4;1-22(2,3)16-7-5-15(6-8-16)18-24-19(29-20(25-18)26-21(31)27-29)23-11-4-12-28-13-9-17(30)10-14-28;1-21(2,3)16-7-5-15(6-8-16)17-23-18(28-19(24-17)25-20(29)26-28)22-9-4-10-27-11-13-30-14-12-27/h5-12,17,28H,13-15H2,1-4H3,(H,31,34);5-8,17,30H,4,9-14H2,1-3H3,(H2,23,24,25,26,27,31);5-8H,4,9-14H2,1-3H3,(H2,22,23,24,25,26,29). The fourth-order valence-electron chi connectivity index (χ4n) is 11.5. The molecule has 13 rings (SSSR count). The number of fused-ring (bicyclic) bond motifs is 3. The number of hydrogen-bond donors (Lipinski definition) is 7. The van der Waals surface area contributed by atoms with Crippen molar-refractivity contribution in [2.45, 2.75) is 117 Å². The number of aryl methyl sites for hydroxylation is 1. The molecule has 0 radical (unpaired) electrons. The Morgan fingerprint density at radius 2 is 1.01 bits per heavy atom. The Morgan fingerprint density at radius 1 is 0.547 bits per heavy atom. The Labute approximate surface area is 557 Å². The number of hydrogen-bond acceptors (Lipinski definition) is 19.